The Hall–Kier alpha value is -2.13. The van der Waals surface area contributed by atoms with Crippen LogP contribution in [-0.2, 0) is 29.0 Å². The molecule has 0 radical (unpaired) electrons. The minimum Gasteiger partial charge on any atom is -0.468 e. The Balaban J connectivity index is 1.88. The van der Waals surface area contributed by atoms with E-state index in [9.17, 15) is 4.79 Å². The van der Waals surface area contributed by atoms with E-state index in [1.165, 1.54) is 29.4 Å². The Morgan fingerprint density at radius 1 is 1.18 bits per heavy atom. The molecule has 0 fully saturated rings. The maximum absolute atomic E-state index is 12.2. The van der Waals surface area contributed by atoms with Crippen molar-refractivity contribution >= 4 is 5.97 Å². The number of carbonyl (C=O) groups excluding carboxylic acids is 1. The molecule has 1 unspecified atom stereocenters. The Labute approximate surface area is 131 Å². The Morgan fingerprint density at radius 3 is 2.68 bits per heavy atom. The molecule has 1 aliphatic heterocycles. The predicted molar refractivity (Wildman–Crippen MR) is 86.4 cm³/mol. The number of esters is 1. The van der Waals surface area contributed by atoms with Gasteiger partial charge in [0.2, 0.25) is 0 Å². The van der Waals surface area contributed by atoms with Gasteiger partial charge in [-0.2, -0.15) is 0 Å². The molecule has 2 aromatic rings. The van der Waals surface area contributed by atoms with Gasteiger partial charge in [-0.15, -0.1) is 0 Å². The number of methoxy groups -OCH3 is 1. The van der Waals surface area contributed by atoms with Crippen LogP contribution in [0.1, 0.15) is 22.3 Å². The van der Waals surface area contributed by atoms with E-state index in [0.29, 0.717) is 6.42 Å². The highest BCUT2D eigenvalue weighted by atomic mass is 16.5. The molecule has 3 rings (SSSR count). The molecule has 0 bridgehead atoms. The molecule has 0 N–H and O–H groups in total. The van der Waals surface area contributed by atoms with Gasteiger partial charge in [-0.3, -0.25) is 9.69 Å². The quantitative estimate of drug-likeness (QED) is 0.815. The van der Waals surface area contributed by atoms with Crippen molar-refractivity contribution in [1.82, 2.24) is 4.90 Å². The van der Waals surface area contributed by atoms with Gasteiger partial charge in [0.1, 0.15) is 6.04 Å². The third-order valence-corrected chi connectivity index (χ3v) is 4.29. The lowest BCUT2D eigenvalue weighted by Crippen LogP contribution is -2.45. The first kappa shape index (κ1) is 14.8. The molecule has 3 nitrogen and oxygen atoms in total. The number of benzene rings is 2. The maximum atomic E-state index is 12.2. The van der Waals surface area contributed by atoms with Crippen LogP contribution >= 0.6 is 0 Å². The van der Waals surface area contributed by atoms with Crippen LogP contribution in [0.5, 0.6) is 0 Å². The van der Waals surface area contributed by atoms with E-state index >= 15 is 0 Å². The number of hydrogen-bond donors (Lipinski definition) is 0. The molecule has 22 heavy (non-hydrogen) atoms. The van der Waals surface area contributed by atoms with Crippen molar-refractivity contribution in [3.63, 3.8) is 0 Å². The molecule has 0 aliphatic carbocycles. The fourth-order valence-electron chi connectivity index (χ4n) is 3.16. The van der Waals surface area contributed by atoms with Crippen LogP contribution in [0.3, 0.4) is 0 Å². The summed E-state index contributed by atoms with van der Waals surface area (Å²) in [7, 11) is 1.47. The van der Waals surface area contributed by atoms with Crippen molar-refractivity contribution in [3.05, 3.63) is 70.8 Å². The highest BCUT2D eigenvalue weighted by Crippen LogP contribution is 2.25. The molecule has 1 atom stereocenters. The number of fused-ring (bicyclic) bond motifs is 1. The van der Waals surface area contributed by atoms with Gasteiger partial charge >= 0.3 is 5.97 Å². The molecule has 1 heterocycles. The first-order chi connectivity index (χ1) is 10.7. The molecule has 114 valence electrons. The molecule has 0 amide bonds. The zero-order valence-electron chi connectivity index (χ0n) is 13.1. The molecule has 3 heteroatoms. The van der Waals surface area contributed by atoms with Crippen molar-refractivity contribution in [2.75, 3.05) is 7.11 Å². The van der Waals surface area contributed by atoms with Gasteiger partial charge < -0.3 is 4.74 Å². The van der Waals surface area contributed by atoms with Crippen LogP contribution in [0, 0.1) is 6.92 Å². The molecule has 0 saturated heterocycles. The minimum atomic E-state index is -0.208. The van der Waals surface area contributed by atoms with Crippen molar-refractivity contribution in [1.29, 1.82) is 0 Å². The fraction of sp³-hybridized carbons (Fsp3) is 0.316. The lowest BCUT2D eigenvalue weighted by Gasteiger charge is -2.35. The monoisotopic (exact) mass is 295 g/mol. The highest BCUT2D eigenvalue weighted by molar-refractivity contribution is 5.76. The summed E-state index contributed by atoms with van der Waals surface area (Å²) < 4.78 is 5.02. The summed E-state index contributed by atoms with van der Waals surface area (Å²) in [6.45, 7) is 3.63. The van der Waals surface area contributed by atoms with E-state index < -0.39 is 0 Å². The number of hydrogen-bond acceptors (Lipinski definition) is 3. The number of ether oxygens (including phenoxy) is 1. The summed E-state index contributed by atoms with van der Waals surface area (Å²) in [6, 6.07) is 16.6. The number of aryl methyl sites for hydroxylation is 1. The number of nitrogens with zero attached hydrogens (tertiary/aromatic N) is 1. The summed E-state index contributed by atoms with van der Waals surface area (Å²) in [5.74, 6) is -0.151. The largest absolute Gasteiger partial charge is 0.468 e. The second-order valence-corrected chi connectivity index (χ2v) is 5.91. The van der Waals surface area contributed by atoms with Gasteiger partial charge in [-0.1, -0.05) is 54.1 Å². The van der Waals surface area contributed by atoms with E-state index in [0.717, 1.165) is 13.1 Å². The van der Waals surface area contributed by atoms with Crippen molar-refractivity contribution in [2.24, 2.45) is 0 Å². The van der Waals surface area contributed by atoms with Crippen molar-refractivity contribution in [3.8, 4) is 0 Å². The van der Waals surface area contributed by atoms with E-state index in [-0.39, 0.29) is 12.0 Å². The van der Waals surface area contributed by atoms with Crippen molar-refractivity contribution < 1.29 is 9.53 Å². The van der Waals surface area contributed by atoms with Crippen LogP contribution < -0.4 is 0 Å². The average molecular weight is 295 g/mol. The van der Waals surface area contributed by atoms with Gasteiger partial charge in [0.25, 0.3) is 0 Å². The van der Waals surface area contributed by atoms with Gasteiger partial charge in [0.05, 0.1) is 7.11 Å². The zero-order valence-corrected chi connectivity index (χ0v) is 13.1. The van der Waals surface area contributed by atoms with E-state index in [1.54, 1.807) is 0 Å². The summed E-state index contributed by atoms with van der Waals surface area (Å²) in [6.07, 6.45) is 0.717. The second-order valence-electron chi connectivity index (χ2n) is 5.91. The van der Waals surface area contributed by atoms with E-state index in [4.69, 9.17) is 4.74 Å². The van der Waals surface area contributed by atoms with Gasteiger partial charge in [0, 0.05) is 13.1 Å². The fourth-order valence-corrected chi connectivity index (χ4v) is 3.16. The topological polar surface area (TPSA) is 29.5 Å². The minimum absolute atomic E-state index is 0.151. The molecule has 0 saturated carbocycles. The van der Waals surface area contributed by atoms with Gasteiger partial charge in [0.15, 0.2) is 0 Å². The predicted octanol–water partition coefficient (Wildman–Crippen LogP) is 3.09. The standard InChI is InChI=1S/C19H21NO2/c1-14-6-5-7-15(10-14)12-20-13-17-9-4-3-8-16(17)11-18(20)19(21)22-2/h3-10,18H,11-13H2,1-2H3. The summed E-state index contributed by atoms with van der Waals surface area (Å²) in [4.78, 5) is 14.4. The summed E-state index contributed by atoms with van der Waals surface area (Å²) in [5.41, 5.74) is 5.02. The third-order valence-electron chi connectivity index (χ3n) is 4.29. The normalized spacial score (nSPS) is 17.8. The van der Waals surface area contributed by atoms with Crippen LogP contribution in [0.2, 0.25) is 0 Å². The molecule has 0 aromatic heterocycles. The highest BCUT2D eigenvalue weighted by Gasteiger charge is 2.32. The molecule has 1 aliphatic rings. The Bertz CT molecular complexity index is 681. The Morgan fingerprint density at radius 2 is 1.95 bits per heavy atom. The lowest BCUT2D eigenvalue weighted by molar-refractivity contribution is -0.147. The molecule has 0 spiro atoms. The summed E-state index contributed by atoms with van der Waals surface area (Å²) >= 11 is 0. The molecular formula is C19H21NO2. The van der Waals surface area contributed by atoms with Crippen LogP contribution in [0.25, 0.3) is 0 Å². The van der Waals surface area contributed by atoms with Crippen LogP contribution in [0.15, 0.2) is 48.5 Å². The molecule has 2 aromatic carbocycles. The Kier molecular flexibility index (Phi) is 4.25. The second kappa shape index (κ2) is 6.32. The van der Waals surface area contributed by atoms with E-state index in [2.05, 4.69) is 54.3 Å². The first-order valence-electron chi connectivity index (χ1n) is 7.61. The van der Waals surface area contributed by atoms with Gasteiger partial charge in [-0.25, -0.2) is 0 Å². The summed E-state index contributed by atoms with van der Waals surface area (Å²) in [5, 5.41) is 0. The number of carbonyl (C=O) groups is 1. The van der Waals surface area contributed by atoms with Crippen LogP contribution in [-0.4, -0.2) is 24.0 Å². The third kappa shape index (κ3) is 3.04. The first-order valence-corrected chi connectivity index (χ1v) is 7.61. The molecular weight excluding hydrogens is 274 g/mol. The lowest BCUT2D eigenvalue weighted by atomic mass is 9.93. The average Bonchev–Trinajstić information content (AvgIpc) is 2.53. The van der Waals surface area contributed by atoms with Gasteiger partial charge in [-0.05, 0) is 30.0 Å². The van der Waals surface area contributed by atoms with E-state index in [1.807, 2.05) is 6.07 Å². The number of rotatable bonds is 3. The van der Waals surface area contributed by atoms with Crippen molar-refractivity contribution in [2.45, 2.75) is 32.5 Å². The smallest absolute Gasteiger partial charge is 0.323 e. The SMILES string of the molecule is COC(=O)C1Cc2ccccc2CN1Cc1cccc(C)c1. The zero-order chi connectivity index (χ0) is 15.5. The maximum Gasteiger partial charge on any atom is 0.323 e. The van der Waals surface area contributed by atoms with Crippen LogP contribution in [0.4, 0.5) is 0 Å².